The van der Waals surface area contributed by atoms with Gasteiger partial charge in [-0.25, -0.2) is 0 Å². The highest BCUT2D eigenvalue weighted by Gasteiger charge is 2.07. The van der Waals surface area contributed by atoms with Crippen molar-refractivity contribution in [2.24, 2.45) is 0 Å². The summed E-state index contributed by atoms with van der Waals surface area (Å²) in [6.07, 6.45) is 8.07. The summed E-state index contributed by atoms with van der Waals surface area (Å²) >= 11 is 0. The highest BCUT2D eigenvalue weighted by atomic mass is 16.3. The van der Waals surface area contributed by atoms with Gasteiger partial charge in [-0.2, -0.15) is 0 Å². The molecule has 1 aromatic rings. The van der Waals surface area contributed by atoms with Gasteiger partial charge in [-0.1, -0.05) is 38.8 Å². The molecule has 1 rings (SSSR count). The number of hydrogen-bond acceptors (Lipinski definition) is 3. The lowest BCUT2D eigenvalue weighted by Gasteiger charge is -2.21. The minimum Gasteiger partial charge on any atom is -0.504 e. The Balaban J connectivity index is 2.31. The van der Waals surface area contributed by atoms with E-state index in [4.69, 9.17) is 0 Å². The molecule has 0 aliphatic heterocycles. The molecular weight excluding hydrogens is 262 g/mol. The summed E-state index contributed by atoms with van der Waals surface area (Å²) in [4.78, 5) is 2.56. The zero-order chi connectivity index (χ0) is 15.5. The fourth-order valence-corrected chi connectivity index (χ4v) is 2.53. The van der Waals surface area contributed by atoms with Gasteiger partial charge in [0.15, 0.2) is 11.5 Å². The van der Waals surface area contributed by atoms with Gasteiger partial charge in [0.25, 0.3) is 0 Å². The Morgan fingerprint density at radius 1 is 0.857 bits per heavy atom. The predicted molar refractivity (Wildman–Crippen MR) is 89.0 cm³/mol. The van der Waals surface area contributed by atoms with E-state index in [1.165, 1.54) is 44.8 Å². The van der Waals surface area contributed by atoms with Crippen molar-refractivity contribution < 1.29 is 10.2 Å². The number of aromatic hydroxyl groups is 2. The molecule has 0 atom stereocenters. The summed E-state index contributed by atoms with van der Waals surface area (Å²) in [7, 11) is 0. The third-order valence-electron chi connectivity index (χ3n) is 3.92. The van der Waals surface area contributed by atoms with E-state index in [0.29, 0.717) is 0 Å². The summed E-state index contributed by atoms with van der Waals surface area (Å²) in [5.41, 5.74) is 0.851. The Labute approximate surface area is 129 Å². The molecule has 0 radical (unpaired) electrons. The van der Waals surface area contributed by atoms with E-state index in [1.54, 1.807) is 6.07 Å². The van der Waals surface area contributed by atoms with Crippen molar-refractivity contribution in [3.63, 3.8) is 0 Å². The molecule has 2 N–H and O–H groups in total. The molecule has 0 saturated carbocycles. The number of phenolic OH excluding ortho intramolecular Hbond substituents is 2. The van der Waals surface area contributed by atoms with Crippen LogP contribution in [0.3, 0.4) is 0 Å². The van der Waals surface area contributed by atoms with Crippen molar-refractivity contribution in [2.45, 2.75) is 58.8 Å². The summed E-state index contributed by atoms with van der Waals surface area (Å²) < 4.78 is 0. The number of nitrogens with zero attached hydrogens (tertiary/aromatic N) is 1. The molecule has 0 aliphatic rings. The first-order valence-electron chi connectivity index (χ1n) is 8.41. The molecule has 21 heavy (non-hydrogen) atoms. The van der Waals surface area contributed by atoms with E-state index in [-0.39, 0.29) is 11.5 Å². The van der Waals surface area contributed by atoms with Crippen LogP contribution < -0.4 is 0 Å². The third-order valence-corrected chi connectivity index (χ3v) is 3.92. The van der Waals surface area contributed by atoms with E-state index in [0.717, 1.165) is 31.4 Å². The topological polar surface area (TPSA) is 43.7 Å². The van der Waals surface area contributed by atoms with E-state index in [1.807, 2.05) is 6.07 Å². The second-order valence-corrected chi connectivity index (χ2v) is 5.79. The van der Waals surface area contributed by atoms with Crippen molar-refractivity contribution in [1.82, 2.24) is 4.90 Å². The van der Waals surface area contributed by atoms with Gasteiger partial charge >= 0.3 is 0 Å². The maximum atomic E-state index is 9.78. The van der Waals surface area contributed by atoms with Crippen molar-refractivity contribution in [3.8, 4) is 11.5 Å². The zero-order valence-corrected chi connectivity index (χ0v) is 13.6. The highest BCUT2D eigenvalue weighted by Crippen LogP contribution is 2.29. The number of para-hydroxylation sites is 1. The van der Waals surface area contributed by atoms with Gasteiger partial charge in [0.05, 0.1) is 0 Å². The Morgan fingerprint density at radius 2 is 1.48 bits per heavy atom. The minimum absolute atomic E-state index is 0.0139. The maximum absolute atomic E-state index is 9.78. The van der Waals surface area contributed by atoms with Crippen molar-refractivity contribution >= 4 is 0 Å². The minimum atomic E-state index is -0.0139. The van der Waals surface area contributed by atoms with Gasteiger partial charge in [-0.3, -0.25) is 0 Å². The van der Waals surface area contributed by atoms with Crippen molar-refractivity contribution in [2.75, 3.05) is 19.6 Å². The van der Waals surface area contributed by atoms with Crippen LogP contribution >= 0.6 is 0 Å². The summed E-state index contributed by atoms with van der Waals surface area (Å²) in [5.74, 6) is 0.0336. The van der Waals surface area contributed by atoms with Crippen LogP contribution in [0.25, 0.3) is 0 Å². The van der Waals surface area contributed by atoms with E-state index in [9.17, 15) is 10.2 Å². The lowest BCUT2D eigenvalue weighted by molar-refractivity contribution is 0.260. The fraction of sp³-hybridized carbons (Fsp3) is 0.667. The van der Waals surface area contributed by atoms with E-state index < -0.39 is 0 Å². The van der Waals surface area contributed by atoms with Crippen molar-refractivity contribution in [3.05, 3.63) is 23.8 Å². The van der Waals surface area contributed by atoms with Crippen molar-refractivity contribution in [1.29, 1.82) is 0 Å². The number of rotatable bonds is 11. The molecule has 1 aromatic carbocycles. The largest absolute Gasteiger partial charge is 0.504 e. The monoisotopic (exact) mass is 293 g/mol. The molecule has 0 fully saturated rings. The first-order chi connectivity index (χ1) is 10.2. The average molecular weight is 293 g/mol. The fourth-order valence-electron chi connectivity index (χ4n) is 2.53. The summed E-state index contributed by atoms with van der Waals surface area (Å²) in [6.45, 7) is 8.02. The Kier molecular flexibility index (Phi) is 8.91. The molecule has 0 amide bonds. The van der Waals surface area contributed by atoms with Crippen LogP contribution in [0.2, 0.25) is 0 Å². The molecule has 3 nitrogen and oxygen atoms in total. The third kappa shape index (κ3) is 6.85. The lowest BCUT2D eigenvalue weighted by atomic mass is 10.1. The molecule has 0 saturated heterocycles. The Hall–Kier alpha value is -1.22. The first-order valence-corrected chi connectivity index (χ1v) is 8.41. The number of phenols is 2. The standard InChI is InChI=1S/C18H31NO2/c1-3-5-13-19(14-6-4-2)15-8-7-10-16-11-9-12-17(20)18(16)21/h9,11-12,20-21H,3-8,10,13-15H2,1-2H3. The highest BCUT2D eigenvalue weighted by molar-refractivity contribution is 5.44. The Morgan fingerprint density at radius 3 is 2.10 bits per heavy atom. The molecule has 120 valence electrons. The number of aryl methyl sites for hydroxylation is 1. The van der Waals surface area contributed by atoms with Gasteiger partial charge < -0.3 is 15.1 Å². The molecule has 0 spiro atoms. The van der Waals surface area contributed by atoms with E-state index >= 15 is 0 Å². The van der Waals surface area contributed by atoms with Gasteiger partial charge in [-0.15, -0.1) is 0 Å². The van der Waals surface area contributed by atoms with Crippen LogP contribution in [-0.4, -0.2) is 34.7 Å². The van der Waals surface area contributed by atoms with Crippen LogP contribution in [0.5, 0.6) is 11.5 Å². The maximum Gasteiger partial charge on any atom is 0.160 e. The molecule has 0 aromatic heterocycles. The SMILES string of the molecule is CCCCN(CCCC)CCCCc1cccc(O)c1O. The molecule has 0 bridgehead atoms. The lowest BCUT2D eigenvalue weighted by Crippen LogP contribution is -2.27. The summed E-state index contributed by atoms with van der Waals surface area (Å²) in [6, 6.07) is 5.20. The van der Waals surface area contributed by atoms with Crippen LogP contribution in [-0.2, 0) is 6.42 Å². The molecule has 0 aliphatic carbocycles. The first kappa shape index (κ1) is 17.8. The predicted octanol–water partition coefficient (Wildman–Crippen LogP) is 4.32. The molecule has 3 heteroatoms. The molecular formula is C18H31NO2. The molecule has 0 heterocycles. The van der Waals surface area contributed by atoms with Gasteiger partial charge in [0, 0.05) is 0 Å². The zero-order valence-electron chi connectivity index (χ0n) is 13.6. The van der Waals surface area contributed by atoms with Crippen LogP contribution in [0.15, 0.2) is 18.2 Å². The van der Waals surface area contributed by atoms with Crippen LogP contribution in [0.1, 0.15) is 57.9 Å². The van der Waals surface area contributed by atoms with Gasteiger partial charge in [0.1, 0.15) is 0 Å². The average Bonchev–Trinajstić information content (AvgIpc) is 2.49. The van der Waals surface area contributed by atoms with Crippen LogP contribution in [0, 0.1) is 0 Å². The van der Waals surface area contributed by atoms with Gasteiger partial charge in [0.2, 0.25) is 0 Å². The summed E-state index contributed by atoms with van der Waals surface area (Å²) in [5, 5.41) is 19.3. The quantitative estimate of drug-likeness (QED) is 0.471. The second-order valence-electron chi connectivity index (χ2n) is 5.79. The second kappa shape index (κ2) is 10.5. The smallest absolute Gasteiger partial charge is 0.160 e. The Bertz CT molecular complexity index is 385. The normalized spacial score (nSPS) is 11.2. The number of unbranched alkanes of at least 4 members (excludes halogenated alkanes) is 3. The van der Waals surface area contributed by atoms with Gasteiger partial charge in [-0.05, 0) is 63.4 Å². The number of hydrogen-bond donors (Lipinski definition) is 2. The molecule has 0 unspecified atom stereocenters. The van der Waals surface area contributed by atoms with Crippen LogP contribution in [0.4, 0.5) is 0 Å². The van der Waals surface area contributed by atoms with E-state index in [2.05, 4.69) is 18.7 Å². The number of benzene rings is 1.